The second-order valence-corrected chi connectivity index (χ2v) is 5.36. The van der Waals surface area contributed by atoms with E-state index in [2.05, 4.69) is 10.2 Å². The molecule has 0 saturated carbocycles. The highest BCUT2D eigenvalue weighted by Crippen LogP contribution is 2.30. The minimum absolute atomic E-state index is 0. The molecule has 3 aliphatic heterocycles. The monoisotopic (exact) mass is 266 g/mol. The molecule has 3 rings (SSSR count). The molecule has 2 atom stereocenters. The van der Waals surface area contributed by atoms with Crippen molar-refractivity contribution in [2.45, 2.75) is 63.1 Å². The van der Waals surface area contributed by atoms with Crippen LogP contribution in [0, 0.1) is 0 Å². The Kier molecular flexibility index (Phi) is 5.86. The van der Waals surface area contributed by atoms with Gasteiger partial charge in [-0.25, -0.2) is 0 Å². The molecular weight excluding hydrogens is 243 g/mol. The summed E-state index contributed by atoms with van der Waals surface area (Å²) in [5, 5.41) is 3.73. The molecule has 3 saturated heterocycles. The van der Waals surface area contributed by atoms with Gasteiger partial charge in [-0.2, -0.15) is 0 Å². The summed E-state index contributed by atoms with van der Waals surface area (Å²) in [5.74, 6) is 0. The van der Waals surface area contributed by atoms with Gasteiger partial charge in [0.1, 0.15) is 0 Å². The van der Waals surface area contributed by atoms with E-state index in [-0.39, 0.29) is 24.8 Å². The highest BCUT2D eigenvalue weighted by atomic mass is 35.5. The third-order valence-electron chi connectivity index (χ3n) is 4.36. The molecule has 2 unspecified atom stereocenters. The standard InChI is InChI=1S/C12H22N2.2ClH/c1-2-6-14(7-3-1)12-8-10-4-5-11(9-12)13-10;;/h10-13H,1-9H2;2*1H. The minimum Gasteiger partial charge on any atom is -0.311 e. The normalized spacial score (nSPS) is 38.6. The summed E-state index contributed by atoms with van der Waals surface area (Å²) in [5.41, 5.74) is 0. The Morgan fingerprint density at radius 3 is 1.94 bits per heavy atom. The summed E-state index contributed by atoms with van der Waals surface area (Å²) >= 11 is 0. The SMILES string of the molecule is C1CCN(C2CC3CCC(C2)N3)CC1.Cl.Cl. The van der Waals surface area contributed by atoms with E-state index in [0.29, 0.717) is 0 Å². The van der Waals surface area contributed by atoms with E-state index in [9.17, 15) is 0 Å². The van der Waals surface area contributed by atoms with E-state index < -0.39 is 0 Å². The van der Waals surface area contributed by atoms with Gasteiger partial charge in [0.25, 0.3) is 0 Å². The summed E-state index contributed by atoms with van der Waals surface area (Å²) in [6.45, 7) is 2.76. The van der Waals surface area contributed by atoms with Crippen LogP contribution in [0.5, 0.6) is 0 Å². The van der Waals surface area contributed by atoms with Crippen LogP contribution in [0.3, 0.4) is 0 Å². The molecule has 3 fully saturated rings. The predicted octanol–water partition coefficient (Wildman–Crippen LogP) is 2.60. The maximum absolute atomic E-state index is 3.73. The molecule has 0 aromatic heterocycles. The van der Waals surface area contributed by atoms with E-state index in [1.54, 1.807) is 0 Å². The molecule has 3 heterocycles. The number of nitrogens with one attached hydrogen (secondary N) is 1. The van der Waals surface area contributed by atoms with E-state index >= 15 is 0 Å². The Bertz CT molecular complexity index is 195. The molecule has 96 valence electrons. The zero-order chi connectivity index (χ0) is 9.38. The second-order valence-electron chi connectivity index (χ2n) is 5.36. The lowest BCUT2D eigenvalue weighted by atomic mass is 9.96. The molecule has 0 aliphatic carbocycles. The number of hydrogen-bond donors (Lipinski definition) is 1. The number of rotatable bonds is 1. The first-order chi connectivity index (χ1) is 6.92. The van der Waals surface area contributed by atoms with Crippen LogP contribution >= 0.6 is 24.8 Å². The Hall–Kier alpha value is 0.500. The summed E-state index contributed by atoms with van der Waals surface area (Å²) in [4.78, 5) is 2.77. The number of fused-ring (bicyclic) bond motifs is 2. The van der Waals surface area contributed by atoms with Crippen LogP contribution in [-0.2, 0) is 0 Å². The maximum Gasteiger partial charge on any atom is 0.0125 e. The van der Waals surface area contributed by atoms with E-state index in [1.165, 1.54) is 58.0 Å². The fraction of sp³-hybridized carbons (Fsp3) is 1.00. The van der Waals surface area contributed by atoms with Crippen LogP contribution in [0.1, 0.15) is 44.9 Å². The molecule has 2 bridgehead atoms. The van der Waals surface area contributed by atoms with Gasteiger partial charge in [0.15, 0.2) is 0 Å². The van der Waals surface area contributed by atoms with Crippen molar-refractivity contribution < 1.29 is 0 Å². The molecule has 0 aromatic carbocycles. The van der Waals surface area contributed by atoms with Gasteiger partial charge in [-0.3, -0.25) is 0 Å². The zero-order valence-electron chi connectivity index (χ0n) is 9.86. The lowest BCUT2D eigenvalue weighted by molar-refractivity contribution is 0.119. The average Bonchev–Trinajstić information content (AvgIpc) is 2.59. The van der Waals surface area contributed by atoms with Crippen molar-refractivity contribution in [1.82, 2.24) is 10.2 Å². The molecule has 1 N–H and O–H groups in total. The molecule has 16 heavy (non-hydrogen) atoms. The van der Waals surface area contributed by atoms with Gasteiger partial charge >= 0.3 is 0 Å². The van der Waals surface area contributed by atoms with E-state index in [4.69, 9.17) is 0 Å². The second kappa shape index (κ2) is 6.44. The van der Waals surface area contributed by atoms with Crippen molar-refractivity contribution in [2.24, 2.45) is 0 Å². The van der Waals surface area contributed by atoms with Gasteiger partial charge in [-0.1, -0.05) is 6.42 Å². The van der Waals surface area contributed by atoms with Crippen molar-refractivity contribution >= 4 is 24.8 Å². The fourth-order valence-corrected chi connectivity index (χ4v) is 3.61. The van der Waals surface area contributed by atoms with Crippen LogP contribution in [0.2, 0.25) is 0 Å². The van der Waals surface area contributed by atoms with Crippen molar-refractivity contribution in [3.63, 3.8) is 0 Å². The van der Waals surface area contributed by atoms with Crippen LogP contribution in [-0.4, -0.2) is 36.1 Å². The zero-order valence-corrected chi connectivity index (χ0v) is 11.5. The number of likely N-dealkylation sites (tertiary alicyclic amines) is 1. The fourth-order valence-electron chi connectivity index (χ4n) is 3.61. The molecule has 4 heteroatoms. The Labute approximate surface area is 111 Å². The third-order valence-corrected chi connectivity index (χ3v) is 4.36. The summed E-state index contributed by atoms with van der Waals surface area (Å²) in [6.07, 6.45) is 10.1. The molecular formula is C12H24Cl2N2. The Morgan fingerprint density at radius 1 is 0.812 bits per heavy atom. The van der Waals surface area contributed by atoms with Crippen LogP contribution in [0.25, 0.3) is 0 Å². The van der Waals surface area contributed by atoms with Crippen LogP contribution in [0.4, 0.5) is 0 Å². The van der Waals surface area contributed by atoms with Gasteiger partial charge < -0.3 is 10.2 Å². The largest absolute Gasteiger partial charge is 0.311 e. The van der Waals surface area contributed by atoms with E-state index in [0.717, 1.165) is 18.1 Å². The summed E-state index contributed by atoms with van der Waals surface area (Å²) in [7, 11) is 0. The lowest BCUT2D eigenvalue weighted by Crippen LogP contribution is -2.49. The van der Waals surface area contributed by atoms with Crippen molar-refractivity contribution in [2.75, 3.05) is 13.1 Å². The van der Waals surface area contributed by atoms with Crippen molar-refractivity contribution in [1.29, 1.82) is 0 Å². The molecule has 0 radical (unpaired) electrons. The Balaban J connectivity index is 0.000000640. The first kappa shape index (κ1) is 14.6. The topological polar surface area (TPSA) is 15.3 Å². The van der Waals surface area contributed by atoms with Crippen molar-refractivity contribution in [3.05, 3.63) is 0 Å². The molecule has 0 amide bonds. The molecule has 0 spiro atoms. The number of hydrogen-bond acceptors (Lipinski definition) is 2. The quantitative estimate of drug-likeness (QED) is 0.785. The van der Waals surface area contributed by atoms with Gasteiger partial charge in [-0.15, -0.1) is 24.8 Å². The minimum atomic E-state index is 0. The number of halogens is 2. The third kappa shape index (κ3) is 3.04. The molecule has 3 aliphatic rings. The Morgan fingerprint density at radius 2 is 1.38 bits per heavy atom. The van der Waals surface area contributed by atoms with Gasteiger partial charge in [0.05, 0.1) is 0 Å². The van der Waals surface area contributed by atoms with Gasteiger partial charge in [0.2, 0.25) is 0 Å². The molecule has 2 nitrogen and oxygen atoms in total. The van der Waals surface area contributed by atoms with Crippen molar-refractivity contribution in [3.8, 4) is 0 Å². The first-order valence-corrected chi connectivity index (χ1v) is 6.42. The van der Waals surface area contributed by atoms with Gasteiger partial charge in [0, 0.05) is 18.1 Å². The highest BCUT2D eigenvalue weighted by Gasteiger charge is 2.35. The van der Waals surface area contributed by atoms with E-state index in [1.807, 2.05) is 0 Å². The maximum atomic E-state index is 3.73. The van der Waals surface area contributed by atoms with Gasteiger partial charge in [-0.05, 0) is 51.6 Å². The first-order valence-electron chi connectivity index (χ1n) is 6.42. The molecule has 0 aromatic rings. The predicted molar refractivity (Wildman–Crippen MR) is 72.9 cm³/mol. The summed E-state index contributed by atoms with van der Waals surface area (Å²) in [6, 6.07) is 2.65. The number of nitrogens with zero attached hydrogens (tertiary/aromatic N) is 1. The summed E-state index contributed by atoms with van der Waals surface area (Å²) < 4.78 is 0. The highest BCUT2D eigenvalue weighted by molar-refractivity contribution is 5.85. The number of piperidine rings is 2. The van der Waals surface area contributed by atoms with Crippen LogP contribution < -0.4 is 5.32 Å². The lowest BCUT2D eigenvalue weighted by Gasteiger charge is -2.39. The smallest absolute Gasteiger partial charge is 0.0125 e. The van der Waals surface area contributed by atoms with Crippen LogP contribution in [0.15, 0.2) is 0 Å². The average molecular weight is 267 g/mol.